The van der Waals surface area contributed by atoms with Crippen LogP contribution in [-0.4, -0.2) is 27.4 Å². The van der Waals surface area contributed by atoms with E-state index in [9.17, 15) is 0 Å². The average molecular weight is 1300 g/mol. The summed E-state index contributed by atoms with van der Waals surface area (Å²) in [5.74, 6) is 0. The smallest absolute Gasteiger partial charge is 0.0562 e. The van der Waals surface area contributed by atoms with Gasteiger partial charge < -0.3 is 27.4 Å². The molecule has 0 fully saturated rings. The summed E-state index contributed by atoms with van der Waals surface area (Å²) < 4.78 is 14.6. The van der Waals surface area contributed by atoms with E-state index in [4.69, 9.17) is 0 Å². The Bertz CT molecular complexity index is 7190. The number of benzene rings is 16. The number of fused-ring (bicyclic) bond motifs is 18. The zero-order valence-electron chi connectivity index (χ0n) is 55.3. The normalized spacial score (nSPS) is 12.1. The topological polar surface area (TPSA) is 29.6 Å². The van der Waals surface area contributed by atoms with Crippen molar-refractivity contribution in [3.05, 3.63) is 364 Å². The lowest BCUT2D eigenvalue weighted by atomic mass is 10.00. The first kappa shape index (κ1) is 56.3. The molecule has 0 saturated carbocycles. The van der Waals surface area contributed by atoms with Gasteiger partial charge in [-0.1, -0.05) is 206 Å². The maximum Gasteiger partial charge on any atom is 0.0562 e. The van der Waals surface area contributed by atoms with Crippen LogP contribution in [0.3, 0.4) is 0 Å². The lowest BCUT2D eigenvalue weighted by Crippen LogP contribution is -1.96. The molecule has 22 aromatic rings. The van der Waals surface area contributed by atoms with Gasteiger partial charge in [-0.05, 0) is 191 Å². The van der Waals surface area contributed by atoms with Crippen LogP contribution in [0, 0.1) is 0 Å². The lowest BCUT2D eigenvalue weighted by molar-refractivity contribution is 1.16. The van der Waals surface area contributed by atoms with Crippen LogP contribution in [0.25, 0.3) is 198 Å². The summed E-state index contributed by atoms with van der Waals surface area (Å²) in [4.78, 5) is 0. The fourth-order valence-corrected chi connectivity index (χ4v) is 17.2. The van der Waals surface area contributed by atoms with Crippen molar-refractivity contribution in [1.29, 1.82) is 0 Å². The van der Waals surface area contributed by atoms with E-state index in [0.717, 1.165) is 61.8 Å². The maximum atomic E-state index is 2.46. The largest absolute Gasteiger partial charge is 0.309 e. The second kappa shape index (κ2) is 21.9. The molecule has 0 atom stereocenters. The second-order valence-corrected chi connectivity index (χ2v) is 27.2. The number of rotatable bonds is 9. The average Bonchev–Trinajstić information content (AvgIpc) is 1.56. The van der Waals surface area contributed by atoms with E-state index in [1.54, 1.807) is 0 Å². The molecule has 6 heteroatoms. The molecule has 0 saturated heterocycles. The molecule has 6 aromatic heterocycles. The molecule has 0 aliphatic carbocycles. The minimum atomic E-state index is 1.11. The van der Waals surface area contributed by atoms with Crippen LogP contribution in [0.4, 0.5) is 0 Å². The highest BCUT2D eigenvalue weighted by Crippen LogP contribution is 2.46. The first-order valence-electron chi connectivity index (χ1n) is 35.1. The Balaban J connectivity index is 0.659. The molecular weight excluding hydrogens is 1240 g/mol. The third-order valence-electron chi connectivity index (χ3n) is 21.8. The molecule has 0 amide bonds. The highest BCUT2D eigenvalue weighted by Gasteiger charge is 2.24. The molecule has 16 aromatic carbocycles. The molecule has 0 aliphatic heterocycles. The van der Waals surface area contributed by atoms with Crippen molar-refractivity contribution in [2.75, 3.05) is 0 Å². The van der Waals surface area contributed by atoms with E-state index < -0.39 is 0 Å². The van der Waals surface area contributed by atoms with E-state index in [2.05, 4.69) is 391 Å². The van der Waals surface area contributed by atoms with Crippen molar-refractivity contribution in [3.63, 3.8) is 0 Å². The van der Waals surface area contributed by atoms with Gasteiger partial charge in [-0.2, -0.15) is 0 Å². The molecule has 22 rings (SSSR count). The van der Waals surface area contributed by atoms with Gasteiger partial charge in [0.1, 0.15) is 0 Å². The molecule has 6 nitrogen and oxygen atoms in total. The van der Waals surface area contributed by atoms with Gasteiger partial charge in [0.25, 0.3) is 0 Å². The molecule has 6 heterocycles. The van der Waals surface area contributed by atoms with Gasteiger partial charge in [-0.25, -0.2) is 0 Å². The van der Waals surface area contributed by atoms with E-state index in [0.29, 0.717) is 0 Å². The van der Waals surface area contributed by atoms with E-state index in [1.165, 1.54) is 137 Å². The SMILES string of the molecule is c1ccc(-n2c3ccccc3c3ccc(-c4ccc5c(c4)c4cc6c7ccccc7n(-c7ccc(-c8ccc9c%10cc(-c%11ccc%12c%13cc%14c%15ccccc%15n(-c%15ccccc%15)c%14cc%13n(-c%13ccccc%13)c%12c%11)ccc%10n(-c%10ccccc%10)c9c8)cc7)c6cc4n5-c4ccccc4)cc32)cc1. The molecule has 102 heavy (non-hydrogen) atoms. The number of nitrogens with zero attached hydrogens (tertiary/aromatic N) is 6. The van der Waals surface area contributed by atoms with Crippen LogP contribution in [0.5, 0.6) is 0 Å². The lowest BCUT2D eigenvalue weighted by Gasteiger charge is -2.12. The van der Waals surface area contributed by atoms with E-state index >= 15 is 0 Å². The number of para-hydroxylation sites is 8. The van der Waals surface area contributed by atoms with Crippen molar-refractivity contribution in [2.45, 2.75) is 0 Å². The molecular formula is C96H60N6. The predicted molar refractivity (Wildman–Crippen MR) is 429 cm³/mol. The first-order chi connectivity index (χ1) is 50.6. The highest BCUT2D eigenvalue weighted by atomic mass is 15.0. The zero-order valence-corrected chi connectivity index (χ0v) is 55.3. The third-order valence-corrected chi connectivity index (χ3v) is 21.8. The van der Waals surface area contributed by atoms with Crippen LogP contribution in [0.15, 0.2) is 364 Å². The Labute approximate surface area is 586 Å². The molecule has 0 bridgehead atoms. The monoisotopic (exact) mass is 1300 g/mol. The summed E-state index contributed by atoms with van der Waals surface area (Å²) in [6.07, 6.45) is 0. The van der Waals surface area contributed by atoms with Crippen LogP contribution < -0.4 is 0 Å². The molecule has 0 radical (unpaired) electrons. The summed E-state index contributed by atoms with van der Waals surface area (Å²) in [6, 6.07) is 135. The molecule has 0 spiro atoms. The van der Waals surface area contributed by atoms with Gasteiger partial charge in [-0.15, -0.1) is 0 Å². The van der Waals surface area contributed by atoms with Crippen molar-refractivity contribution in [2.24, 2.45) is 0 Å². The fourth-order valence-electron chi connectivity index (χ4n) is 17.2. The zero-order chi connectivity index (χ0) is 66.7. The van der Waals surface area contributed by atoms with Crippen LogP contribution in [0.2, 0.25) is 0 Å². The second-order valence-electron chi connectivity index (χ2n) is 27.2. The Hall–Kier alpha value is -13.7. The van der Waals surface area contributed by atoms with Gasteiger partial charge in [-0.3, -0.25) is 0 Å². The van der Waals surface area contributed by atoms with Crippen molar-refractivity contribution < 1.29 is 0 Å². The number of aromatic nitrogens is 6. The third kappa shape index (κ3) is 8.35. The summed E-state index contributed by atoms with van der Waals surface area (Å²) in [6.45, 7) is 0. The standard InChI is InChI=1S/C96H60N6/c1-6-22-67(23-7-1)97-85-35-19-16-32-73(85)76-47-41-65(55-90(76)97)63-44-51-89-80(53-63)84-58-82-75-34-18-21-37-87(75)101(94(82)60-96(84)100(89)70-28-12-4-13-29-70)72-45-38-61(39-46-72)64-40-48-77-79-52-62(43-50-88(79)99(91(77)54-64)69-26-10-3-11-27-69)66-42-49-78-83-57-81-74-33-17-20-36-86(74)98(68-24-8-2-9-25-68)93(81)59-95(83)102(92(78)56-66)71-30-14-5-15-31-71/h1-60H. The Morgan fingerprint density at radius 2 is 0.314 bits per heavy atom. The number of hydrogen-bond donors (Lipinski definition) is 0. The van der Waals surface area contributed by atoms with Gasteiger partial charge >= 0.3 is 0 Å². The van der Waals surface area contributed by atoms with Crippen LogP contribution in [-0.2, 0) is 0 Å². The van der Waals surface area contributed by atoms with E-state index in [1.807, 2.05) is 0 Å². The summed E-state index contributed by atoms with van der Waals surface area (Å²) in [7, 11) is 0. The predicted octanol–water partition coefficient (Wildman–Crippen LogP) is 25.3. The summed E-state index contributed by atoms with van der Waals surface area (Å²) >= 11 is 0. The van der Waals surface area contributed by atoms with Gasteiger partial charge in [0, 0.05) is 98.8 Å². The molecule has 474 valence electrons. The molecule has 0 aliphatic rings. The van der Waals surface area contributed by atoms with Crippen LogP contribution >= 0.6 is 0 Å². The van der Waals surface area contributed by atoms with Crippen molar-refractivity contribution >= 4 is 131 Å². The Kier molecular flexibility index (Phi) is 12.1. The highest BCUT2D eigenvalue weighted by molar-refractivity contribution is 6.22. The van der Waals surface area contributed by atoms with Crippen molar-refractivity contribution in [1.82, 2.24) is 27.4 Å². The molecule has 0 N–H and O–H groups in total. The van der Waals surface area contributed by atoms with Crippen molar-refractivity contribution in [3.8, 4) is 67.5 Å². The number of hydrogen-bond acceptors (Lipinski definition) is 0. The molecule has 0 unspecified atom stereocenters. The van der Waals surface area contributed by atoms with Gasteiger partial charge in [0.2, 0.25) is 0 Å². The first-order valence-corrected chi connectivity index (χ1v) is 35.1. The summed E-state index contributed by atoms with van der Waals surface area (Å²) in [5.41, 5.74) is 27.9. The van der Waals surface area contributed by atoms with Gasteiger partial charge in [0.15, 0.2) is 0 Å². The Morgan fingerprint density at radius 1 is 0.108 bits per heavy atom. The summed E-state index contributed by atoms with van der Waals surface area (Å²) in [5, 5.41) is 14.7. The quantitative estimate of drug-likeness (QED) is 0.138. The minimum absolute atomic E-state index is 1.11. The van der Waals surface area contributed by atoms with E-state index in [-0.39, 0.29) is 0 Å². The Morgan fingerprint density at radius 3 is 0.676 bits per heavy atom. The fraction of sp³-hybridized carbons (Fsp3) is 0. The maximum absolute atomic E-state index is 2.46. The minimum Gasteiger partial charge on any atom is -0.309 e. The van der Waals surface area contributed by atoms with Crippen LogP contribution in [0.1, 0.15) is 0 Å². The van der Waals surface area contributed by atoms with Gasteiger partial charge in [0.05, 0.1) is 66.2 Å².